The van der Waals surface area contributed by atoms with Crippen LogP contribution in [-0.4, -0.2) is 22.8 Å². The first-order valence-electron chi connectivity index (χ1n) is 7.99. The van der Waals surface area contributed by atoms with Crippen LogP contribution in [-0.2, 0) is 6.54 Å². The monoisotopic (exact) mass is 352 g/mol. The lowest BCUT2D eigenvalue weighted by molar-refractivity contribution is 0.102. The van der Waals surface area contributed by atoms with Gasteiger partial charge >= 0.3 is 0 Å². The van der Waals surface area contributed by atoms with Gasteiger partial charge in [0.05, 0.1) is 11.3 Å². The van der Waals surface area contributed by atoms with Crippen molar-refractivity contribution in [1.29, 1.82) is 0 Å². The first-order chi connectivity index (χ1) is 12.7. The lowest BCUT2D eigenvalue weighted by atomic mass is 10.2. The van der Waals surface area contributed by atoms with E-state index in [0.29, 0.717) is 23.7 Å². The third-order valence-corrected chi connectivity index (χ3v) is 3.80. The van der Waals surface area contributed by atoms with E-state index >= 15 is 0 Å². The summed E-state index contributed by atoms with van der Waals surface area (Å²) in [7, 11) is 0. The molecule has 0 spiro atoms. The second-order valence-corrected chi connectivity index (χ2v) is 5.78. The fourth-order valence-electron chi connectivity index (χ4n) is 2.53. The van der Waals surface area contributed by atoms with E-state index in [4.69, 9.17) is 14.0 Å². The number of pyridine rings is 1. The molecule has 8 heteroatoms. The minimum absolute atomic E-state index is 0.248. The van der Waals surface area contributed by atoms with Gasteiger partial charge in [0.15, 0.2) is 17.3 Å². The molecule has 0 saturated heterocycles. The molecule has 8 nitrogen and oxygen atoms in total. The van der Waals surface area contributed by atoms with E-state index in [2.05, 4.69) is 20.8 Å². The van der Waals surface area contributed by atoms with E-state index in [-0.39, 0.29) is 12.7 Å². The molecule has 1 amide bonds. The number of hydrogen-bond acceptors (Lipinski definition) is 7. The highest BCUT2D eigenvalue weighted by Gasteiger charge is 2.13. The van der Waals surface area contributed by atoms with Crippen molar-refractivity contribution in [3.8, 4) is 11.5 Å². The van der Waals surface area contributed by atoms with Crippen LogP contribution in [0.25, 0.3) is 0 Å². The molecular formula is C18H16N4O4. The topological polar surface area (TPSA) is 98.5 Å². The molecule has 0 saturated carbocycles. The van der Waals surface area contributed by atoms with Crippen LogP contribution in [0, 0.1) is 6.92 Å². The Morgan fingerprint density at radius 2 is 2.04 bits per heavy atom. The molecule has 2 aromatic heterocycles. The van der Waals surface area contributed by atoms with Gasteiger partial charge in [-0.3, -0.25) is 9.78 Å². The molecular weight excluding hydrogens is 336 g/mol. The summed E-state index contributed by atoms with van der Waals surface area (Å²) < 4.78 is 15.6. The lowest BCUT2D eigenvalue weighted by Gasteiger charge is -2.08. The maximum atomic E-state index is 12.3. The number of rotatable bonds is 5. The zero-order chi connectivity index (χ0) is 17.9. The molecule has 1 aromatic carbocycles. The van der Waals surface area contributed by atoms with Crippen LogP contribution in [0.4, 0.5) is 11.5 Å². The Morgan fingerprint density at radius 1 is 1.15 bits per heavy atom. The zero-order valence-corrected chi connectivity index (χ0v) is 14.0. The summed E-state index contributed by atoms with van der Waals surface area (Å²) in [6.07, 6.45) is 3.15. The SMILES string of the molecule is Cc1cc(NC(=O)c2cncc(NCc3ccc4c(c3)OCO4)c2)no1. The molecule has 0 fully saturated rings. The molecule has 132 valence electrons. The van der Waals surface area contributed by atoms with Gasteiger partial charge in [0, 0.05) is 25.0 Å². The number of amides is 1. The summed E-state index contributed by atoms with van der Waals surface area (Å²) in [5.41, 5.74) is 2.18. The van der Waals surface area contributed by atoms with Gasteiger partial charge < -0.3 is 24.6 Å². The molecule has 1 aliphatic heterocycles. The van der Waals surface area contributed by atoms with Crippen LogP contribution in [0.3, 0.4) is 0 Å². The van der Waals surface area contributed by atoms with E-state index in [1.807, 2.05) is 18.2 Å². The number of benzene rings is 1. The molecule has 0 bridgehead atoms. The Hall–Kier alpha value is -3.55. The van der Waals surface area contributed by atoms with Gasteiger partial charge in [-0.2, -0.15) is 0 Å². The second kappa shape index (κ2) is 6.75. The number of nitrogens with zero attached hydrogens (tertiary/aromatic N) is 2. The van der Waals surface area contributed by atoms with Crippen LogP contribution < -0.4 is 20.1 Å². The summed E-state index contributed by atoms with van der Waals surface area (Å²) in [5, 5.41) is 9.65. The number of hydrogen-bond donors (Lipinski definition) is 2. The second-order valence-electron chi connectivity index (χ2n) is 5.78. The minimum Gasteiger partial charge on any atom is -0.454 e. The van der Waals surface area contributed by atoms with Gasteiger partial charge in [0.1, 0.15) is 5.76 Å². The molecule has 0 atom stereocenters. The highest BCUT2D eigenvalue weighted by Crippen LogP contribution is 2.32. The molecule has 4 rings (SSSR count). The Kier molecular flexibility index (Phi) is 4.14. The summed E-state index contributed by atoms with van der Waals surface area (Å²) in [5.74, 6) is 2.16. The largest absolute Gasteiger partial charge is 0.454 e. The van der Waals surface area contributed by atoms with Crippen molar-refractivity contribution in [2.24, 2.45) is 0 Å². The van der Waals surface area contributed by atoms with Crippen LogP contribution >= 0.6 is 0 Å². The van der Waals surface area contributed by atoms with Crippen molar-refractivity contribution in [1.82, 2.24) is 10.1 Å². The quantitative estimate of drug-likeness (QED) is 0.728. The number of carbonyl (C=O) groups excluding carboxylic acids is 1. The highest BCUT2D eigenvalue weighted by atomic mass is 16.7. The number of carbonyl (C=O) groups is 1. The van der Waals surface area contributed by atoms with Gasteiger partial charge in [0.25, 0.3) is 5.91 Å². The summed E-state index contributed by atoms with van der Waals surface area (Å²) in [4.78, 5) is 16.4. The van der Waals surface area contributed by atoms with Gasteiger partial charge in [-0.05, 0) is 30.7 Å². The van der Waals surface area contributed by atoms with E-state index < -0.39 is 0 Å². The van der Waals surface area contributed by atoms with Gasteiger partial charge in [-0.1, -0.05) is 11.2 Å². The zero-order valence-electron chi connectivity index (χ0n) is 14.0. The number of anilines is 2. The number of aryl methyl sites for hydroxylation is 1. The molecule has 1 aliphatic rings. The standard InChI is InChI=1S/C18H16N4O4/c1-11-4-17(22-26-11)21-18(23)13-6-14(9-19-8-13)20-7-12-2-3-15-16(5-12)25-10-24-15/h2-6,8-9,20H,7,10H2,1H3,(H,21,22,23). The normalized spacial score (nSPS) is 12.0. The summed E-state index contributed by atoms with van der Waals surface area (Å²) in [6.45, 7) is 2.56. The van der Waals surface area contributed by atoms with E-state index in [1.165, 1.54) is 6.20 Å². The van der Waals surface area contributed by atoms with Crippen LogP contribution in [0.15, 0.2) is 47.2 Å². The lowest BCUT2D eigenvalue weighted by Crippen LogP contribution is -2.13. The minimum atomic E-state index is -0.308. The molecule has 26 heavy (non-hydrogen) atoms. The van der Waals surface area contributed by atoms with Crippen molar-refractivity contribution in [3.63, 3.8) is 0 Å². The fourth-order valence-corrected chi connectivity index (χ4v) is 2.53. The number of aromatic nitrogens is 2. The van der Waals surface area contributed by atoms with E-state index in [1.54, 1.807) is 25.3 Å². The summed E-state index contributed by atoms with van der Waals surface area (Å²) in [6, 6.07) is 9.13. The fraction of sp³-hybridized carbons (Fsp3) is 0.167. The number of ether oxygens (including phenoxy) is 2. The van der Waals surface area contributed by atoms with Crippen molar-refractivity contribution >= 4 is 17.4 Å². The maximum absolute atomic E-state index is 12.3. The van der Waals surface area contributed by atoms with E-state index in [9.17, 15) is 4.79 Å². The predicted molar refractivity (Wildman–Crippen MR) is 93.3 cm³/mol. The Balaban J connectivity index is 1.41. The average Bonchev–Trinajstić information content (AvgIpc) is 3.28. The molecule has 2 N–H and O–H groups in total. The number of nitrogens with one attached hydrogen (secondary N) is 2. The third kappa shape index (κ3) is 3.44. The highest BCUT2D eigenvalue weighted by molar-refractivity contribution is 6.04. The molecule has 3 aromatic rings. The molecule has 0 aliphatic carbocycles. The number of fused-ring (bicyclic) bond motifs is 1. The van der Waals surface area contributed by atoms with Crippen molar-refractivity contribution in [2.75, 3.05) is 17.4 Å². The van der Waals surface area contributed by atoms with Crippen LogP contribution in [0.2, 0.25) is 0 Å². The Labute approximate surface area is 149 Å². The smallest absolute Gasteiger partial charge is 0.258 e. The third-order valence-electron chi connectivity index (χ3n) is 3.80. The average molecular weight is 352 g/mol. The molecule has 0 unspecified atom stereocenters. The Morgan fingerprint density at radius 3 is 2.88 bits per heavy atom. The van der Waals surface area contributed by atoms with Crippen molar-refractivity contribution < 1.29 is 18.8 Å². The Bertz CT molecular complexity index is 954. The molecule has 0 radical (unpaired) electrons. The van der Waals surface area contributed by atoms with Crippen LogP contribution in [0.5, 0.6) is 11.5 Å². The van der Waals surface area contributed by atoms with E-state index in [0.717, 1.165) is 22.7 Å². The van der Waals surface area contributed by atoms with Gasteiger partial charge in [-0.15, -0.1) is 0 Å². The first kappa shape index (κ1) is 15.9. The predicted octanol–water partition coefficient (Wildman–Crippen LogP) is 2.97. The van der Waals surface area contributed by atoms with Gasteiger partial charge in [0.2, 0.25) is 6.79 Å². The maximum Gasteiger partial charge on any atom is 0.258 e. The van der Waals surface area contributed by atoms with Crippen LogP contribution in [0.1, 0.15) is 21.7 Å². The first-order valence-corrected chi connectivity index (χ1v) is 7.99. The molecule has 3 heterocycles. The summed E-state index contributed by atoms with van der Waals surface area (Å²) >= 11 is 0. The van der Waals surface area contributed by atoms with Gasteiger partial charge in [-0.25, -0.2) is 0 Å². The van der Waals surface area contributed by atoms with Crippen molar-refractivity contribution in [2.45, 2.75) is 13.5 Å². The van der Waals surface area contributed by atoms with Crippen molar-refractivity contribution in [3.05, 3.63) is 59.6 Å².